The van der Waals surface area contributed by atoms with Crippen LogP contribution in [0.5, 0.6) is 0 Å². The van der Waals surface area contributed by atoms with E-state index in [0.717, 1.165) is 47.8 Å². The predicted molar refractivity (Wildman–Crippen MR) is 115 cm³/mol. The van der Waals surface area contributed by atoms with Crippen LogP contribution in [-0.2, 0) is 6.54 Å². The van der Waals surface area contributed by atoms with Crippen LogP contribution in [0, 0.1) is 0 Å². The molecule has 31 heavy (non-hydrogen) atoms. The van der Waals surface area contributed by atoms with Crippen molar-refractivity contribution in [2.24, 2.45) is 4.99 Å². The van der Waals surface area contributed by atoms with Crippen LogP contribution < -0.4 is 56.5 Å². The van der Waals surface area contributed by atoms with Crippen LogP contribution in [0.25, 0.3) is 22.5 Å². The molecule has 2 aromatic carbocycles. The number of aromatic nitrogens is 4. The molecule has 1 N–H and O–H groups in total. The van der Waals surface area contributed by atoms with Crippen molar-refractivity contribution in [3.05, 3.63) is 66.1 Å². The third-order valence-electron chi connectivity index (χ3n) is 5.20. The van der Waals surface area contributed by atoms with Gasteiger partial charge in [0.25, 0.3) is 0 Å². The van der Waals surface area contributed by atoms with Crippen LogP contribution in [0.4, 0.5) is 0 Å². The van der Waals surface area contributed by atoms with Gasteiger partial charge < -0.3 is 10.0 Å². The Hall–Kier alpha value is -1.55. The van der Waals surface area contributed by atoms with E-state index in [1.807, 2.05) is 29.2 Å². The Kier molecular flexibility index (Phi) is 8.82. The summed E-state index contributed by atoms with van der Waals surface area (Å²) in [6.07, 6.45) is 3.69. The van der Waals surface area contributed by atoms with Crippen LogP contribution in [-0.4, -0.2) is 36.9 Å². The molecule has 0 saturated heterocycles. The van der Waals surface area contributed by atoms with Gasteiger partial charge in [-0.25, -0.2) is 4.99 Å². The molecule has 1 aliphatic rings. The van der Waals surface area contributed by atoms with Gasteiger partial charge in [0.1, 0.15) is 11.3 Å². The molecule has 154 valence electrons. The molecule has 0 saturated carbocycles. The summed E-state index contributed by atoms with van der Waals surface area (Å²) in [5.74, 6) is 0.558. The summed E-state index contributed by atoms with van der Waals surface area (Å²) in [7, 11) is 0. The Balaban J connectivity index is 0.00000272. The van der Waals surface area contributed by atoms with Crippen molar-refractivity contribution >= 4 is 16.8 Å². The molecule has 0 aliphatic carbocycles. The molecule has 0 spiro atoms. The van der Waals surface area contributed by atoms with E-state index >= 15 is 0 Å². The van der Waals surface area contributed by atoms with Gasteiger partial charge in [-0.05, 0) is 34.7 Å². The van der Waals surface area contributed by atoms with E-state index in [1.54, 1.807) is 0 Å². The minimum Gasteiger partial charge on any atom is -0.876 e. The van der Waals surface area contributed by atoms with Crippen LogP contribution in [0.2, 0.25) is 0 Å². The van der Waals surface area contributed by atoms with Gasteiger partial charge in [0.2, 0.25) is 5.82 Å². The monoisotopic (exact) mass is 460 g/mol. The number of nitrogens with one attached hydrogen (secondary N) is 1. The number of aliphatic imine (C=N–C) groups is 1. The third-order valence-corrected chi connectivity index (χ3v) is 5.49. The normalized spacial score (nSPS) is 17.0. The molecule has 0 radical (unpaired) electrons. The van der Waals surface area contributed by atoms with E-state index < -0.39 is 0 Å². The number of halogens is 1. The zero-order valence-corrected chi connectivity index (χ0v) is 21.5. The van der Waals surface area contributed by atoms with Crippen LogP contribution >= 0.6 is 11.6 Å². The van der Waals surface area contributed by atoms with Gasteiger partial charge in [0.05, 0.1) is 5.70 Å². The van der Waals surface area contributed by atoms with Gasteiger partial charge in [-0.15, -0.1) is 16.5 Å². The number of benzene rings is 2. The largest absolute Gasteiger partial charge is 1.00 e. The Labute approximate surface area is 229 Å². The first-order valence-electron chi connectivity index (χ1n) is 9.96. The van der Waals surface area contributed by atoms with Gasteiger partial charge in [0.15, 0.2) is 0 Å². The molecular weight excluding hydrogens is 439 g/mol. The van der Waals surface area contributed by atoms with Gasteiger partial charge in [-0.2, -0.15) is 5.21 Å². The Morgan fingerprint density at radius 2 is 1.87 bits per heavy atom. The van der Waals surface area contributed by atoms with Crippen molar-refractivity contribution in [3.63, 3.8) is 0 Å². The standard InChI is InChI=1S/C22H23ClN6O.K/c1-2-3-8-20-24-21(23)19(14-30)29(20)13-15-9-11-16(12-10-15)17-6-4-5-7-18(17)22-25-27-28-26-22;/h4-7,9-12,14,20,30H,2-3,8,13H2,1H3,(H,25,26,27,28);/q;+1/p-1/b19-14+;. The van der Waals surface area contributed by atoms with Crippen molar-refractivity contribution in [2.45, 2.75) is 38.9 Å². The van der Waals surface area contributed by atoms with E-state index in [4.69, 9.17) is 11.6 Å². The molecule has 0 bridgehead atoms. The number of unbranched alkanes of at least 4 members (excludes halogenated alkanes) is 1. The number of tetrazole rings is 1. The van der Waals surface area contributed by atoms with E-state index in [9.17, 15) is 5.11 Å². The Morgan fingerprint density at radius 1 is 1.13 bits per heavy atom. The number of aromatic amines is 1. The molecule has 0 fully saturated rings. The van der Waals surface area contributed by atoms with Crippen LogP contribution in [0.1, 0.15) is 31.7 Å². The summed E-state index contributed by atoms with van der Waals surface area (Å²) < 4.78 is 0. The topological polar surface area (TPSA) is 93.1 Å². The Morgan fingerprint density at radius 3 is 2.52 bits per heavy atom. The molecule has 1 atom stereocenters. The maximum atomic E-state index is 11.6. The first kappa shape index (κ1) is 24.1. The van der Waals surface area contributed by atoms with Crippen molar-refractivity contribution in [3.8, 4) is 22.5 Å². The fraction of sp³-hybridized carbons (Fsp3) is 0.273. The smallest absolute Gasteiger partial charge is 0.876 e. The summed E-state index contributed by atoms with van der Waals surface area (Å²) in [6, 6.07) is 16.2. The fourth-order valence-electron chi connectivity index (χ4n) is 3.65. The molecule has 4 rings (SSSR count). The van der Waals surface area contributed by atoms with E-state index in [2.05, 4.69) is 56.8 Å². The quantitative estimate of drug-likeness (QED) is 0.414. The second kappa shape index (κ2) is 11.4. The zero-order valence-electron chi connectivity index (χ0n) is 17.6. The number of allylic oxidation sites excluding steroid dienone is 1. The van der Waals surface area contributed by atoms with E-state index in [0.29, 0.717) is 23.2 Å². The molecular formula is C22H22ClKN6O. The molecule has 1 aliphatic heterocycles. The predicted octanol–water partition coefficient (Wildman–Crippen LogP) is 0.709. The molecule has 9 heteroatoms. The number of nitrogens with zero attached hydrogens (tertiary/aromatic N) is 5. The fourth-order valence-corrected chi connectivity index (χ4v) is 3.92. The first-order valence-corrected chi connectivity index (χ1v) is 10.3. The molecule has 3 aromatic rings. The van der Waals surface area contributed by atoms with E-state index in [1.165, 1.54) is 0 Å². The Bertz CT molecular complexity index is 1050. The average Bonchev–Trinajstić information content (AvgIpc) is 3.41. The summed E-state index contributed by atoms with van der Waals surface area (Å²) in [4.78, 5) is 6.47. The molecule has 0 amide bonds. The summed E-state index contributed by atoms with van der Waals surface area (Å²) in [5, 5.41) is 26.2. The third kappa shape index (κ3) is 5.45. The first-order chi connectivity index (χ1) is 14.7. The van der Waals surface area contributed by atoms with Gasteiger partial charge in [-0.3, -0.25) is 0 Å². The second-order valence-corrected chi connectivity index (χ2v) is 7.51. The van der Waals surface area contributed by atoms with E-state index in [-0.39, 0.29) is 57.6 Å². The van der Waals surface area contributed by atoms with Gasteiger partial charge >= 0.3 is 51.4 Å². The van der Waals surface area contributed by atoms with Gasteiger partial charge in [0, 0.05) is 12.1 Å². The molecule has 2 heterocycles. The molecule has 1 aromatic heterocycles. The van der Waals surface area contributed by atoms with Crippen molar-refractivity contribution in [2.75, 3.05) is 0 Å². The SMILES string of the molecule is CCCCC1N=C(Cl)/C(=C\[O-])N1Cc1ccc(-c2ccccc2-c2nn[nH]n2)cc1.[K+]. The minimum absolute atomic E-state index is 0. The maximum Gasteiger partial charge on any atom is 1.00 e. The van der Waals surface area contributed by atoms with Crippen molar-refractivity contribution in [1.29, 1.82) is 0 Å². The molecule has 7 nitrogen and oxygen atoms in total. The molecule has 1 unspecified atom stereocenters. The summed E-state index contributed by atoms with van der Waals surface area (Å²) in [6.45, 7) is 2.72. The number of hydrogen-bond acceptors (Lipinski definition) is 6. The van der Waals surface area contributed by atoms with Crippen LogP contribution in [0.3, 0.4) is 0 Å². The second-order valence-electron chi connectivity index (χ2n) is 7.15. The minimum atomic E-state index is -0.0868. The van der Waals surface area contributed by atoms with Crippen molar-refractivity contribution in [1.82, 2.24) is 25.5 Å². The van der Waals surface area contributed by atoms with Crippen LogP contribution in [0.15, 0.2) is 65.5 Å². The van der Waals surface area contributed by atoms with Crippen molar-refractivity contribution < 1.29 is 56.5 Å². The summed E-state index contributed by atoms with van der Waals surface area (Å²) in [5.41, 5.74) is 4.54. The van der Waals surface area contributed by atoms with Gasteiger partial charge in [-0.1, -0.05) is 73.5 Å². The maximum absolute atomic E-state index is 11.6. The summed E-state index contributed by atoms with van der Waals surface area (Å²) >= 11 is 6.21. The zero-order chi connectivity index (χ0) is 20.9. The number of rotatable bonds is 7. The number of hydrogen-bond donors (Lipinski definition) is 1. The number of H-pyrrole nitrogens is 1. The average molecular weight is 461 g/mol.